The number of aliphatic hydroxyl groups excluding tert-OH is 1. The molecule has 66 valence electrons. The molecule has 0 aliphatic rings. The van der Waals surface area contributed by atoms with Gasteiger partial charge in [0.1, 0.15) is 5.44 Å². The number of hydrogen-bond donors (Lipinski definition) is 1. The van der Waals surface area contributed by atoms with Gasteiger partial charge in [-0.25, -0.2) is 0 Å². The van der Waals surface area contributed by atoms with Gasteiger partial charge in [-0.15, -0.1) is 0 Å². The van der Waals surface area contributed by atoms with Crippen molar-refractivity contribution >= 4 is 11.8 Å². The van der Waals surface area contributed by atoms with Crippen molar-refractivity contribution in [2.75, 3.05) is 0 Å². The molecule has 0 aromatic heterocycles. The van der Waals surface area contributed by atoms with Crippen LogP contribution < -0.4 is 0 Å². The van der Waals surface area contributed by atoms with E-state index in [1.165, 1.54) is 22.9 Å². The smallest absolute Gasteiger partial charge is 0.101 e. The number of benzene rings is 1. The maximum absolute atomic E-state index is 9.13. The number of rotatable bonds is 2. The van der Waals surface area contributed by atoms with Crippen LogP contribution in [-0.2, 0) is 0 Å². The Morgan fingerprint density at radius 2 is 1.92 bits per heavy atom. The van der Waals surface area contributed by atoms with Gasteiger partial charge in [-0.2, -0.15) is 0 Å². The second-order valence-electron chi connectivity index (χ2n) is 2.96. The van der Waals surface area contributed by atoms with Crippen molar-refractivity contribution in [2.24, 2.45) is 0 Å². The van der Waals surface area contributed by atoms with Gasteiger partial charge in [-0.1, -0.05) is 17.8 Å². The van der Waals surface area contributed by atoms with Crippen LogP contribution in [-0.4, -0.2) is 10.5 Å². The Hall–Kier alpha value is -0.470. The topological polar surface area (TPSA) is 20.2 Å². The maximum Gasteiger partial charge on any atom is 0.101 e. The van der Waals surface area contributed by atoms with Crippen LogP contribution in [0.25, 0.3) is 0 Å². The van der Waals surface area contributed by atoms with Crippen LogP contribution in [0.5, 0.6) is 0 Å². The molecule has 0 radical (unpaired) electrons. The van der Waals surface area contributed by atoms with Gasteiger partial charge in [0.05, 0.1) is 0 Å². The molecule has 0 aliphatic heterocycles. The van der Waals surface area contributed by atoms with Crippen molar-refractivity contribution in [3.8, 4) is 0 Å². The van der Waals surface area contributed by atoms with Crippen LogP contribution in [0.1, 0.15) is 18.1 Å². The predicted octanol–water partition coefficient (Wildman–Crippen LogP) is 2.73. The highest BCUT2D eigenvalue weighted by molar-refractivity contribution is 7.99. The minimum Gasteiger partial charge on any atom is -0.382 e. The van der Waals surface area contributed by atoms with Crippen molar-refractivity contribution in [1.82, 2.24) is 0 Å². The van der Waals surface area contributed by atoms with Gasteiger partial charge < -0.3 is 5.11 Å². The molecule has 0 saturated carbocycles. The summed E-state index contributed by atoms with van der Waals surface area (Å²) in [6, 6.07) is 6.23. The zero-order valence-corrected chi connectivity index (χ0v) is 8.48. The average Bonchev–Trinajstić information content (AvgIpc) is 1.96. The first-order valence-corrected chi connectivity index (χ1v) is 4.89. The van der Waals surface area contributed by atoms with Crippen molar-refractivity contribution in [3.63, 3.8) is 0 Å². The summed E-state index contributed by atoms with van der Waals surface area (Å²) in [5.41, 5.74) is 2.25. The average molecular weight is 182 g/mol. The summed E-state index contributed by atoms with van der Waals surface area (Å²) in [4.78, 5) is 1.13. The van der Waals surface area contributed by atoms with E-state index in [1.54, 1.807) is 6.92 Å². The summed E-state index contributed by atoms with van der Waals surface area (Å²) >= 11 is 1.48. The highest BCUT2D eigenvalue weighted by atomic mass is 32.2. The molecule has 1 rings (SSSR count). The standard InChI is InChI=1S/C10H14OS/c1-7-4-5-10(6-8(7)2)12-9(3)11/h4-6,9,11H,1-3H3/t9-/m0/s1. The maximum atomic E-state index is 9.13. The molecule has 0 bridgehead atoms. The predicted molar refractivity (Wildman–Crippen MR) is 53.5 cm³/mol. The van der Waals surface area contributed by atoms with Crippen LogP contribution in [0.4, 0.5) is 0 Å². The van der Waals surface area contributed by atoms with Gasteiger partial charge in [0.15, 0.2) is 0 Å². The van der Waals surface area contributed by atoms with Crippen LogP contribution in [0.2, 0.25) is 0 Å². The number of aryl methyl sites for hydroxylation is 2. The Labute approximate surface area is 77.8 Å². The Morgan fingerprint density at radius 3 is 2.42 bits per heavy atom. The largest absolute Gasteiger partial charge is 0.382 e. The van der Waals surface area contributed by atoms with Crippen LogP contribution >= 0.6 is 11.8 Å². The Kier molecular flexibility index (Phi) is 3.18. The molecule has 0 amide bonds. The first-order valence-electron chi connectivity index (χ1n) is 4.01. The fraction of sp³-hybridized carbons (Fsp3) is 0.400. The number of thioether (sulfide) groups is 1. The van der Waals surface area contributed by atoms with E-state index in [2.05, 4.69) is 26.0 Å². The Balaban J connectivity index is 2.82. The van der Waals surface area contributed by atoms with E-state index < -0.39 is 0 Å². The summed E-state index contributed by atoms with van der Waals surface area (Å²) in [5.74, 6) is 0. The highest BCUT2D eigenvalue weighted by Crippen LogP contribution is 2.23. The quantitative estimate of drug-likeness (QED) is 0.560. The molecule has 1 aromatic rings. The van der Waals surface area contributed by atoms with Gasteiger partial charge in [0.2, 0.25) is 0 Å². The Morgan fingerprint density at radius 1 is 1.25 bits per heavy atom. The van der Waals surface area contributed by atoms with Gasteiger partial charge >= 0.3 is 0 Å². The summed E-state index contributed by atoms with van der Waals surface area (Å²) < 4.78 is 0. The number of aliphatic hydroxyl groups is 1. The molecule has 2 heteroatoms. The molecular formula is C10H14OS. The molecule has 0 heterocycles. The third kappa shape index (κ3) is 2.54. The highest BCUT2D eigenvalue weighted by Gasteiger charge is 2.00. The van der Waals surface area contributed by atoms with Crippen molar-refractivity contribution in [1.29, 1.82) is 0 Å². The monoisotopic (exact) mass is 182 g/mol. The van der Waals surface area contributed by atoms with Crippen LogP contribution in [0, 0.1) is 13.8 Å². The SMILES string of the molecule is Cc1ccc(S[C@@H](C)O)cc1C. The molecule has 1 N–H and O–H groups in total. The van der Waals surface area contributed by atoms with Crippen LogP contribution in [0.15, 0.2) is 23.1 Å². The molecule has 1 atom stereocenters. The van der Waals surface area contributed by atoms with Gasteiger partial charge in [0, 0.05) is 4.90 Å². The van der Waals surface area contributed by atoms with E-state index in [0.29, 0.717) is 0 Å². The minimum absolute atomic E-state index is 0.327. The molecule has 0 saturated heterocycles. The molecule has 0 unspecified atom stereocenters. The van der Waals surface area contributed by atoms with Crippen LogP contribution in [0.3, 0.4) is 0 Å². The molecule has 0 fully saturated rings. The molecule has 12 heavy (non-hydrogen) atoms. The minimum atomic E-state index is -0.327. The van der Waals surface area contributed by atoms with Crippen molar-refractivity contribution in [2.45, 2.75) is 31.1 Å². The van der Waals surface area contributed by atoms with E-state index in [-0.39, 0.29) is 5.44 Å². The Bertz CT molecular complexity index is 269. The molecule has 1 aromatic carbocycles. The molecule has 1 nitrogen and oxygen atoms in total. The van der Waals surface area contributed by atoms with Crippen molar-refractivity contribution in [3.05, 3.63) is 29.3 Å². The lowest BCUT2D eigenvalue weighted by molar-refractivity contribution is 0.284. The lowest BCUT2D eigenvalue weighted by Gasteiger charge is -2.06. The molecular weight excluding hydrogens is 168 g/mol. The van der Waals surface area contributed by atoms with Gasteiger partial charge in [-0.05, 0) is 44.0 Å². The van der Waals surface area contributed by atoms with E-state index in [1.807, 2.05) is 6.07 Å². The van der Waals surface area contributed by atoms with Crippen molar-refractivity contribution < 1.29 is 5.11 Å². The first-order chi connectivity index (χ1) is 5.59. The zero-order valence-electron chi connectivity index (χ0n) is 7.66. The van der Waals surface area contributed by atoms with E-state index in [0.717, 1.165) is 4.90 Å². The molecule has 0 spiro atoms. The first kappa shape index (κ1) is 9.62. The second kappa shape index (κ2) is 3.97. The summed E-state index contributed by atoms with van der Waals surface area (Å²) in [6.45, 7) is 5.95. The third-order valence-electron chi connectivity index (χ3n) is 1.79. The summed E-state index contributed by atoms with van der Waals surface area (Å²) in [7, 11) is 0. The fourth-order valence-corrected chi connectivity index (χ4v) is 1.77. The lowest BCUT2D eigenvalue weighted by Crippen LogP contribution is -1.91. The van der Waals surface area contributed by atoms with E-state index in [9.17, 15) is 0 Å². The number of hydrogen-bond acceptors (Lipinski definition) is 2. The summed E-state index contributed by atoms with van der Waals surface area (Å²) in [6.07, 6.45) is 0. The summed E-state index contributed by atoms with van der Waals surface area (Å²) in [5, 5.41) is 9.13. The van der Waals surface area contributed by atoms with Gasteiger partial charge in [0.25, 0.3) is 0 Å². The van der Waals surface area contributed by atoms with Gasteiger partial charge in [-0.3, -0.25) is 0 Å². The second-order valence-corrected chi connectivity index (χ2v) is 4.35. The third-order valence-corrected chi connectivity index (χ3v) is 2.65. The zero-order chi connectivity index (χ0) is 9.14. The lowest BCUT2D eigenvalue weighted by atomic mass is 10.1. The van der Waals surface area contributed by atoms with E-state index in [4.69, 9.17) is 5.11 Å². The fourth-order valence-electron chi connectivity index (χ4n) is 0.984. The normalized spacial score (nSPS) is 13.0. The molecule has 0 aliphatic carbocycles. The van der Waals surface area contributed by atoms with E-state index >= 15 is 0 Å².